The molecule has 0 radical (unpaired) electrons. The highest BCUT2D eigenvalue weighted by molar-refractivity contribution is 7.93. The zero-order valence-corrected chi connectivity index (χ0v) is 12.8. The number of nitrogens with zero attached hydrogens (tertiary/aromatic N) is 2. The second kappa shape index (κ2) is 5.04. The Bertz CT molecular complexity index is 774. The number of pyridine rings is 1. The van der Waals surface area contributed by atoms with Crippen molar-refractivity contribution in [1.82, 2.24) is 4.98 Å². The predicted octanol–water partition coefficient (Wildman–Crippen LogP) is 2.26. The maximum atomic E-state index is 13.0. The van der Waals surface area contributed by atoms with Crippen molar-refractivity contribution >= 4 is 21.4 Å². The molecular weight excluding hydrogens is 286 g/mol. The minimum Gasteiger partial charge on any atom is -0.387 e. The quantitative estimate of drug-likeness (QED) is 0.945. The molecule has 0 amide bonds. The lowest BCUT2D eigenvalue weighted by Crippen LogP contribution is -2.36. The highest BCUT2D eigenvalue weighted by Gasteiger charge is 2.37. The lowest BCUT2D eigenvalue weighted by molar-refractivity contribution is 0.584. The fraction of sp³-hybridized carbons (Fsp3) is 0.267. The zero-order valence-electron chi connectivity index (χ0n) is 11.9. The number of para-hydroxylation sites is 1. The smallest absolute Gasteiger partial charge is 0.268 e. The van der Waals surface area contributed by atoms with Gasteiger partial charge in [0.05, 0.1) is 11.4 Å². The first-order valence-electron chi connectivity index (χ1n) is 6.80. The van der Waals surface area contributed by atoms with Crippen molar-refractivity contribution in [3.8, 4) is 0 Å². The summed E-state index contributed by atoms with van der Waals surface area (Å²) in [6.45, 7) is 1.92. The van der Waals surface area contributed by atoms with Crippen molar-refractivity contribution in [1.29, 1.82) is 0 Å². The summed E-state index contributed by atoms with van der Waals surface area (Å²) in [6.07, 6.45) is 3.70. The van der Waals surface area contributed by atoms with Crippen LogP contribution in [-0.2, 0) is 16.4 Å². The lowest BCUT2D eigenvalue weighted by atomic mass is 10.1. The van der Waals surface area contributed by atoms with Gasteiger partial charge in [0, 0.05) is 25.5 Å². The molecule has 1 aliphatic rings. The van der Waals surface area contributed by atoms with E-state index >= 15 is 0 Å². The number of aromatic nitrogens is 1. The van der Waals surface area contributed by atoms with E-state index in [-0.39, 0.29) is 10.9 Å². The molecule has 2 aromatic rings. The molecule has 5 nitrogen and oxygen atoms in total. The van der Waals surface area contributed by atoms with Crippen LogP contribution in [0.5, 0.6) is 0 Å². The van der Waals surface area contributed by atoms with Gasteiger partial charge in [-0.25, -0.2) is 8.42 Å². The molecule has 1 N–H and O–H groups in total. The summed E-state index contributed by atoms with van der Waals surface area (Å²) < 4.78 is 27.6. The molecule has 2 heterocycles. The second-order valence-electron chi connectivity index (χ2n) is 5.10. The van der Waals surface area contributed by atoms with E-state index in [1.165, 1.54) is 10.5 Å². The Balaban J connectivity index is 2.15. The van der Waals surface area contributed by atoms with Gasteiger partial charge in [0.15, 0.2) is 0 Å². The Morgan fingerprint density at radius 1 is 1.29 bits per heavy atom. The molecule has 0 saturated heterocycles. The minimum absolute atomic E-state index is 0.0997. The maximum Gasteiger partial charge on any atom is 0.268 e. The van der Waals surface area contributed by atoms with Gasteiger partial charge in [-0.15, -0.1) is 0 Å². The van der Waals surface area contributed by atoms with Gasteiger partial charge < -0.3 is 5.32 Å². The standard InChI is InChI=1S/C15H17N3O2S/c1-11-9-12-5-3-4-6-14(12)18(11)21(19,20)15-10-17-8-7-13(15)16-2/h3-8,10-11H,9H2,1-2H3,(H,16,17). The van der Waals surface area contributed by atoms with Crippen LogP contribution in [0.15, 0.2) is 47.6 Å². The number of rotatable bonds is 3. The largest absolute Gasteiger partial charge is 0.387 e. The lowest BCUT2D eigenvalue weighted by Gasteiger charge is -2.25. The number of benzene rings is 1. The van der Waals surface area contributed by atoms with E-state index in [9.17, 15) is 8.42 Å². The molecule has 1 aromatic heterocycles. The van der Waals surface area contributed by atoms with Crippen LogP contribution in [0.3, 0.4) is 0 Å². The predicted molar refractivity (Wildman–Crippen MR) is 83.1 cm³/mol. The van der Waals surface area contributed by atoms with Gasteiger partial charge in [-0.05, 0) is 31.0 Å². The highest BCUT2D eigenvalue weighted by Crippen LogP contribution is 2.37. The molecule has 6 heteroatoms. The second-order valence-corrected chi connectivity index (χ2v) is 6.89. The summed E-state index contributed by atoms with van der Waals surface area (Å²) in [5.41, 5.74) is 2.38. The van der Waals surface area contributed by atoms with Gasteiger partial charge >= 0.3 is 0 Å². The fourth-order valence-corrected chi connectivity index (χ4v) is 4.64. The van der Waals surface area contributed by atoms with Gasteiger partial charge in [0.25, 0.3) is 10.0 Å². The molecule has 1 atom stereocenters. The van der Waals surface area contributed by atoms with E-state index in [4.69, 9.17) is 0 Å². The molecule has 0 fully saturated rings. The summed E-state index contributed by atoms with van der Waals surface area (Å²) in [5.74, 6) is 0. The number of hydrogen-bond acceptors (Lipinski definition) is 4. The first kappa shape index (κ1) is 13.9. The number of nitrogens with one attached hydrogen (secondary N) is 1. The van der Waals surface area contributed by atoms with Gasteiger partial charge in [-0.2, -0.15) is 0 Å². The summed E-state index contributed by atoms with van der Waals surface area (Å²) in [7, 11) is -1.93. The molecule has 3 rings (SSSR count). The van der Waals surface area contributed by atoms with E-state index in [2.05, 4.69) is 10.3 Å². The van der Waals surface area contributed by atoms with Crippen LogP contribution in [0.25, 0.3) is 0 Å². The normalized spacial score (nSPS) is 17.6. The monoisotopic (exact) mass is 303 g/mol. The van der Waals surface area contributed by atoms with Crippen molar-refractivity contribution in [3.05, 3.63) is 48.3 Å². The first-order valence-corrected chi connectivity index (χ1v) is 8.24. The van der Waals surface area contributed by atoms with E-state index < -0.39 is 10.0 Å². The highest BCUT2D eigenvalue weighted by atomic mass is 32.2. The molecule has 0 spiro atoms. The maximum absolute atomic E-state index is 13.0. The summed E-state index contributed by atoms with van der Waals surface area (Å²) in [6, 6.07) is 9.19. The number of anilines is 2. The molecule has 110 valence electrons. The number of fused-ring (bicyclic) bond motifs is 1. The van der Waals surface area contributed by atoms with Gasteiger partial charge in [-0.1, -0.05) is 18.2 Å². The van der Waals surface area contributed by atoms with Crippen LogP contribution >= 0.6 is 0 Å². The minimum atomic E-state index is -3.64. The van der Waals surface area contributed by atoms with E-state index in [1.54, 1.807) is 19.3 Å². The summed E-state index contributed by atoms with van der Waals surface area (Å²) in [5, 5.41) is 2.92. The SMILES string of the molecule is CNc1ccncc1S(=O)(=O)N1c2ccccc2CC1C. The van der Waals surface area contributed by atoms with Crippen LogP contribution in [-0.4, -0.2) is 26.5 Å². The van der Waals surface area contributed by atoms with Gasteiger partial charge in [0.1, 0.15) is 4.90 Å². The van der Waals surface area contributed by atoms with Crippen LogP contribution in [0.2, 0.25) is 0 Å². The third-order valence-electron chi connectivity index (χ3n) is 3.74. The Labute approximate surface area is 124 Å². The van der Waals surface area contributed by atoms with Crippen LogP contribution in [0, 0.1) is 0 Å². The average molecular weight is 303 g/mol. The van der Waals surface area contributed by atoms with Crippen molar-refractivity contribution in [2.24, 2.45) is 0 Å². The summed E-state index contributed by atoms with van der Waals surface area (Å²) in [4.78, 5) is 4.17. The van der Waals surface area contributed by atoms with Crippen LogP contribution in [0.4, 0.5) is 11.4 Å². The number of hydrogen-bond donors (Lipinski definition) is 1. The van der Waals surface area contributed by atoms with Crippen molar-refractivity contribution in [2.75, 3.05) is 16.7 Å². The Hall–Kier alpha value is -2.08. The molecule has 0 saturated carbocycles. The van der Waals surface area contributed by atoms with Gasteiger partial charge in [0.2, 0.25) is 0 Å². The Morgan fingerprint density at radius 3 is 2.81 bits per heavy atom. The van der Waals surface area contributed by atoms with E-state index in [1.807, 2.05) is 31.2 Å². The first-order chi connectivity index (χ1) is 10.1. The third-order valence-corrected chi connectivity index (χ3v) is 5.69. The molecule has 21 heavy (non-hydrogen) atoms. The molecule has 1 unspecified atom stereocenters. The third kappa shape index (κ3) is 2.15. The Kier molecular flexibility index (Phi) is 3.33. The topological polar surface area (TPSA) is 62.3 Å². The van der Waals surface area contributed by atoms with E-state index in [0.717, 1.165) is 17.7 Å². The van der Waals surface area contributed by atoms with Gasteiger partial charge in [-0.3, -0.25) is 9.29 Å². The van der Waals surface area contributed by atoms with E-state index in [0.29, 0.717) is 5.69 Å². The fourth-order valence-electron chi connectivity index (χ4n) is 2.80. The van der Waals surface area contributed by atoms with Crippen molar-refractivity contribution in [2.45, 2.75) is 24.3 Å². The van der Waals surface area contributed by atoms with Crippen molar-refractivity contribution in [3.63, 3.8) is 0 Å². The Morgan fingerprint density at radius 2 is 2.05 bits per heavy atom. The average Bonchev–Trinajstić information content (AvgIpc) is 2.83. The summed E-state index contributed by atoms with van der Waals surface area (Å²) >= 11 is 0. The van der Waals surface area contributed by atoms with Crippen molar-refractivity contribution < 1.29 is 8.42 Å². The molecule has 1 aliphatic heterocycles. The molecule has 0 aliphatic carbocycles. The molecule has 0 bridgehead atoms. The molecular formula is C15H17N3O2S. The number of sulfonamides is 1. The molecule has 1 aromatic carbocycles. The van der Waals surface area contributed by atoms with Crippen LogP contribution < -0.4 is 9.62 Å². The zero-order chi connectivity index (χ0) is 15.0. The van der Waals surface area contributed by atoms with Crippen LogP contribution in [0.1, 0.15) is 12.5 Å².